The number of carbonyl (C=O) groups is 2. The number of amides is 2. The van der Waals surface area contributed by atoms with Crippen LogP contribution in [0.5, 0.6) is 0 Å². The van der Waals surface area contributed by atoms with Crippen LogP contribution in [-0.2, 0) is 9.59 Å². The number of hydrogen-bond acceptors (Lipinski definition) is 6. The van der Waals surface area contributed by atoms with Crippen LogP contribution in [0.4, 0.5) is 11.4 Å². The first kappa shape index (κ1) is 27.0. The lowest BCUT2D eigenvalue weighted by molar-refractivity contribution is -0.132. The van der Waals surface area contributed by atoms with E-state index in [1.807, 2.05) is 59.5 Å². The summed E-state index contributed by atoms with van der Waals surface area (Å²) in [5.41, 5.74) is 6.89. The maximum absolute atomic E-state index is 13.2. The molecule has 7 rings (SSSR count). The summed E-state index contributed by atoms with van der Waals surface area (Å²) < 4.78 is 5.24. The van der Waals surface area contributed by atoms with E-state index in [-0.39, 0.29) is 17.7 Å². The fourth-order valence-corrected chi connectivity index (χ4v) is 6.16. The predicted molar refractivity (Wildman–Crippen MR) is 168 cm³/mol. The highest BCUT2D eigenvalue weighted by Gasteiger charge is 2.31. The van der Waals surface area contributed by atoms with Crippen LogP contribution in [0.3, 0.4) is 0 Å². The molecule has 3 aromatic carbocycles. The average Bonchev–Trinajstić information content (AvgIpc) is 3.83. The molecule has 2 fully saturated rings. The van der Waals surface area contributed by atoms with Gasteiger partial charge in [0.2, 0.25) is 11.8 Å². The van der Waals surface area contributed by atoms with Gasteiger partial charge in [-0.1, -0.05) is 42.5 Å². The third-order valence-corrected chi connectivity index (χ3v) is 8.58. The van der Waals surface area contributed by atoms with E-state index in [0.29, 0.717) is 26.2 Å². The van der Waals surface area contributed by atoms with E-state index < -0.39 is 0 Å². The van der Waals surface area contributed by atoms with E-state index >= 15 is 0 Å². The standard InChI is InChI=1S/C34H34N6O3/c41-32(40-16-14-39(15-17-40)29-8-4-7-25(19-29)27-12-18-43-23-27)22-38-13-11-26(21-38)34(42)35-28-9-10-31-30(20-28)33(37-36-31)24-5-2-1-3-6-24/h1-10,12,18-20,23,26H,11,13-17,21-22H2,(H,35,42)(H,36,37)/t26-/m1/s1. The predicted octanol–water partition coefficient (Wildman–Crippen LogP) is 5.10. The van der Waals surface area contributed by atoms with Gasteiger partial charge in [0, 0.05) is 60.6 Å². The van der Waals surface area contributed by atoms with Gasteiger partial charge in [-0.15, -0.1) is 0 Å². The van der Waals surface area contributed by atoms with Gasteiger partial charge < -0.3 is 19.5 Å². The van der Waals surface area contributed by atoms with Crippen LogP contribution in [0.15, 0.2) is 95.8 Å². The largest absolute Gasteiger partial charge is 0.472 e. The molecule has 1 atom stereocenters. The summed E-state index contributed by atoms with van der Waals surface area (Å²) in [6.45, 7) is 4.63. The zero-order valence-corrected chi connectivity index (χ0v) is 23.9. The molecule has 0 bridgehead atoms. The van der Waals surface area contributed by atoms with Gasteiger partial charge >= 0.3 is 0 Å². The fraction of sp³-hybridized carbons (Fsp3) is 0.265. The maximum atomic E-state index is 13.2. The molecule has 0 aliphatic carbocycles. The van der Waals surface area contributed by atoms with Gasteiger partial charge in [-0.25, -0.2) is 0 Å². The third-order valence-electron chi connectivity index (χ3n) is 8.58. The van der Waals surface area contributed by atoms with Crippen molar-refractivity contribution in [1.29, 1.82) is 0 Å². The average molecular weight is 575 g/mol. The molecular weight excluding hydrogens is 540 g/mol. The molecule has 4 heterocycles. The molecule has 0 radical (unpaired) electrons. The number of carbonyl (C=O) groups excluding carboxylic acids is 2. The Bertz CT molecular complexity index is 1720. The summed E-state index contributed by atoms with van der Waals surface area (Å²) in [5, 5.41) is 11.6. The number of aromatic amines is 1. The smallest absolute Gasteiger partial charge is 0.236 e. The lowest BCUT2D eigenvalue weighted by Gasteiger charge is -2.37. The number of hydrogen-bond donors (Lipinski definition) is 2. The quantitative estimate of drug-likeness (QED) is 0.281. The van der Waals surface area contributed by atoms with E-state index in [1.165, 1.54) is 0 Å². The monoisotopic (exact) mass is 574 g/mol. The Balaban J connectivity index is 0.912. The number of H-pyrrole nitrogens is 1. The molecule has 43 heavy (non-hydrogen) atoms. The highest BCUT2D eigenvalue weighted by molar-refractivity contribution is 5.99. The minimum Gasteiger partial charge on any atom is -0.472 e. The highest BCUT2D eigenvalue weighted by atomic mass is 16.3. The summed E-state index contributed by atoms with van der Waals surface area (Å²) in [4.78, 5) is 32.7. The Hall–Kier alpha value is -4.89. The second-order valence-corrected chi connectivity index (χ2v) is 11.3. The van der Waals surface area contributed by atoms with Gasteiger partial charge in [0.15, 0.2) is 0 Å². The molecular formula is C34H34N6O3. The van der Waals surface area contributed by atoms with Gasteiger partial charge in [-0.05, 0) is 54.9 Å². The van der Waals surface area contributed by atoms with Crippen LogP contribution in [0.2, 0.25) is 0 Å². The van der Waals surface area contributed by atoms with Gasteiger partial charge in [-0.2, -0.15) is 5.10 Å². The number of piperazine rings is 1. The summed E-state index contributed by atoms with van der Waals surface area (Å²) in [5.74, 6) is -0.0298. The number of likely N-dealkylation sites (tertiary alicyclic amines) is 1. The van der Waals surface area contributed by atoms with Crippen molar-refractivity contribution < 1.29 is 14.0 Å². The van der Waals surface area contributed by atoms with Crippen molar-refractivity contribution in [2.45, 2.75) is 6.42 Å². The van der Waals surface area contributed by atoms with Crippen molar-refractivity contribution in [1.82, 2.24) is 20.0 Å². The molecule has 2 N–H and O–H groups in total. The van der Waals surface area contributed by atoms with Crippen LogP contribution in [0, 0.1) is 5.92 Å². The summed E-state index contributed by atoms with van der Waals surface area (Å²) >= 11 is 0. The number of nitrogens with zero attached hydrogens (tertiary/aromatic N) is 4. The molecule has 0 saturated carbocycles. The molecule has 218 valence electrons. The van der Waals surface area contributed by atoms with E-state index in [1.54, 1.807) is 12.5 Å². The van der Waals surface area contributed by atoms with Gasteiger partial charge in [0.05, 0.1) is 36.2 Å². The molecule has 9 heteroatoms. The number of rotatable bonds is 7. The number of fused-ring (bicyclic) bond motifs is 1. The third kappa shape index (κ3) is 5.76. The number of nitrogens with one attached hydrogen (secondary N) is 2. The number of aromatic nitrogens is 2. The summed E-state index contributed by atoms with van der Waals surface area (Å²) in [6.07, 6.45) is 4.18. The van der Waals surface area contributed by atoms with E-state index in [4.69, 9.17) is 4.42 Å². The first-order chi connectivity index (χ1) is 21.1. The Morgan fingerprint density at radius 2 is 1.72 bits per heavy atom. The zero-order valence-electron chi connectivity index (χ0n) is 23.9. The first-order valence-electron chi connectivity index (χ1n) is 14.8. The van der Waals surface area contributed by atoms with Crippen LogP contribution >= 0.6 is 0 Å². The van der Waals surface area contributed by atoms with E-state index in [9.17, 15) is 9.59 Å². The van der Waals surface area contributed by atoms with Crippen molar-refractivity contribution in [2.24, 2.45) is 5.92 Å². The Kier molecular flexibility index (Phi) is 7.39. The van der Waals surface area contributed by atoms with Crippen LogP contribution in [-0.4, -0.2) is 77.6 Å². The Labute approximate surface area is 250 Å². The van der Waals surface area contributed by atoms with Crippen molar-refractivity contribution in [3.63, 3.8) is 0 Å². The van der Waals surface area contributed by atoms with Crippen LogP contribution in [0.25, 0.3) is 33.3 Å². The zero-order chi connectivity index (χ0) is 29.2. The Morgan fingerprint density at radius 1 is 0.884 bits per heavy atom. The van der Waals surface area contributed by atoms with Crippen molar-refractivity contribution >= 4 is 34.1 Å². The maximum Gasteiger partial charge on any atom is 0.236 e. The number of furan rings is 1. The number of benzene rings is 3. The molecule has 2 aliphatic heterocycles. The van der Waals surface area contributed by atoms with Crippen molar-refractivity contribution in [3.8, 4) is 22.4 Å². The minimum absolute atomic E-state index is 0.00896. The van der Waals surface area contributed by atoms with Gasteiger partial charge in [0.1, 0.15) is 0 Å². The van der Waals surface area contributed by atoms with Crippen LogP contribution < -0.4 is 10.2 Å². The van der Waals surface area contributed by atoms with Gasteiger partial charge in [0.25, 0.3) is 0 Å². The van der Waals surface area contributed by atoms with Crippen molar-refractivity contribution in [3.05, 3.63) is 91.4 Å². The molecule has 9 nitrogen and oxygen atoms in total. The lowest BCUT2D eigenvalue weighted by atomic mass is 10.1. The molecule has 0 unspecified atom stereocenters. The molecule has 2 aliphatic rings. The van der Waals surface area contributed by atoms with E-state index in [0.717, 1.165) is 70.7 Å². The fourth-order valence-electron chi connectivity index (χ4n) is 6.16. The molecule has 2 amide bonds. The second kappa shape index (κ2) is 11.8. The molecule has 2 aromatic heterocycles. The van der Waals surface area contributed by atoms with E-state index in [2.05, 4.69) is 49.6 Å². The Morgan fingerprint density at radius 3 is 2.53 bits per heavy atom. The molecule has 0 spiro atoms. The molecule has 2 saturated heterocycles. The minimum atomic E-state index is -0.152. The normalized spacial score (nSPS) is 17.4. The summed E-state index contributed by atoms with van der Waals surface area (Å²) in [7, 11) is 0. The van der Waals surface area contributed by atoms with Gasteiger partial charge in [-0.3, -0.25) is 19.6 Å². The van der Waals surface area contributed by atoms with Crippen molar-refractivity contribution in [2.75, 3.05) is 56.0 Å². The summed E-state index contributed by atoms with van der Waals surface area (Å²) in [6, 6.07) is 26.2. The second-order valence-electron chi connectivity index (χ2n) is 11.3. The lowest BCUT2D eigenvalue weighted by Crippen LogP contribution is -2.51. The first-order valence-corrected chi connectivity index (χ1v) is 14.8. The molecule has 5 aromatic rings. The number of anilines is 2. The highest BCUT2D eigenvalue weighted by Crippen LogP contribution is 2.29. The topological polar surface area (TPSA) is 97.7 Å². The SMILES string of the molecule is O=C(Nc1ccc2[nH]nc(-c3ccccc3)c2c1)[C@@H]1CCN(CC(=O)N2CCN(c3cccc(-c4ccoc4)c3)CC2)C1. The van der Waals surface area contributed by atoms with Crippen LogP contribution in [0.1, 0.15) is 6.42 Å².